The Morgan fingerprint density at radius 2 is 2.16 bits per heavy atom. The maximum absolute atomic E-state index is 13.0. The lowest BCUT2D eigenvalue weighted by Crippen LogP contribution is -2.15. The predicted molar refractivity (Wildman–Crippen MR) is 65.6 cm³/mol. The lowest BCUT2D eigenvalue weighted by molar-refractivity contribution is 0.392. The van der Waals surface area contributed by atoms with Gasteiger partial charge in [-0.05, 0) is 19.1 Å². The van der Waals surface area contributed by atoms with Gasteiger partial charge in [-0.15, -0.1) is 0 Å². The molecule has 0 bridgehead atoms. The third-order valence-corrected chi connectivity index (χ3v) is 3.45. The van der Waals surface area contributed by atoms with E-state index in [-0.39, 0.29) is 17.1 Å². The van der Waals surface area contributed by atoms with Crippen molar-refractivity contribution in [1.82, 2.24) is 5.16 Å². The van der Waals surface area contributed by atoms with Crippen LogP contribution >= 0.6 is 0 Å². The van der Waals surface area contributed by atoms with E-state index in [1.165, 1.54) is 6.07 Å². The Morgan fingerprint density at radius 1 is 1.42 bits per heavy atom. The number of phenols is 1. The molecule has 8 heteroatoms. The van der Waals surface area contributed by atoms with E-state index in [0.29, 0.717) is 5.76 Å². The van der Waals surface area contributed by atoms with Gasteiger partial charge in [-0.3, -0.25) is 4.72 Å². The molecule has 0 unspecified atom stereocenters. The first kappa shape index (κ1) is 13.3. The van der Waals surface area contributed by atoms with Crippen LogP contribution < -0.4 is 4.72 Å². The second kappa shape index (κ2) is 4.88. The molecule has 1 aromatic heterocycles. The molecule has 0 saturated carbocycles. The highest BCUT2D eigenvalue weighted by Crippen LogP contribution is 2.25. The number of hydrogen-bond acceptors (Lipinski definition) is 5. The van der Waals surface area contributed by atoms with Crippen LogP contribution in [0.25, 0.3) is 0 Å². The minimum absolute atomic E-state index is 0.222. The van der Waals surface area contributed by atoms with Crippen molar-refractivity contribution in [1.29, 1.82) is 0 Å². The van der Waals surface area contributed by atoms with Gasteiger partial charge >= 0.3 is 0 Å². The van der Waals surface area contributed by atoms with Crippen molar-refractivity contribution < 1.29 is 22.4 Å². The van der Waals surface area contributed by atoms with Crippen LogP contribution in [0.5, 0.6) is 5.75 Å². The van der Waals surface area contributed by atoms with Gasteiger partial charge in [0.15, 0.2) is 0 Å². The summed E-state index contributed by atoms with van der Waals surface area (Å²) >= 11 is 0. The Labute approximate surface area is 108 Å². The standard InChI is InChI=1S/C11H11FN2O4S/c1-7-4-9(13-18-7)6-19(16,17)14-10-5-8(12)2-3-11(10)15/h2-5,14-15H,6H2,1H3. The monoisotopic (exact) mass is 286 g/mol. The minimum atomic E-state index is -3.81. The number of phenolic OH excluding ortho intramolecular Hbond substituents is 1. The number of halogens is 1. The van der Waals surface area contributed by atoms with Crippen LogP contribution in [0, 0.1) is 12.7 Å². The Kier molecular flexibility index (Phi) is 3.43. The van der Waals surface area contributed by atoms with Crippen LogP contribution in [0.1, 0.15) is 11.5 Å². The lowest BCUT2D eigenvalue weighted by Gasteiger charge is -2.08. The summed E-state index contributed by atoms with van der Waals surface area (Å²) in [7, 11) is -3.81. The van der Waals surface area contributed by atoms with Gasteiger partial charge in [-0.2, -0.15) is 0 Å². The third kappa shape index (κ3) is 3.44. The molecule has 0 fully saturated rings. The normalized spacial score (nSPS) is 11.5. The van der Waals surface area contributed by atoms with Crippen molar-refractivity contribution in [3.05, 3.63) is 41.5 Å². The first-order chi connectivity index (χ1) is 8.85. The van der Waals surface area contributed by atoms with Crippen LogP contribution in [0.2, 0.25) is 0 Å². The fourth-order valence-electron chi connectivity index (χ4n) is 1.47. The molecule has 1 aromatic carbocycles. The number of rotatable bonds is 4. The molecule has 2 N–H and O–H groups in total. The zero-order valence-electron chi connectivity index (χ0n) is 9.92. The van der Waals surface area contributed by atoms with E-state index in [2.05, 4.69) is 9.88 Å². The molecule has 0 aliphatic rings. The topological polar surface area (TPSA) is 92.4 Å². The second-order valence-electron chi connectivity index (χ2n) is 3.95. The van der Waals surface area contributed by atoms with Crippen molar-refractivity contribution in [3.8, 4) is 5.75 Å². The molecule has 102 valence electrons. The summed E-state index contributed by atoms with van der Waals surface area (Å²) < 4.78 is 43.4. The zero-order valence-corrected chi connectivity index (χ0v) is 10.7. The fraction of sp³-hybridized carbons (Fsp3) is 0.182. The highest BCUT2D eigenvalue weighted by molar-refractivity contribution is 7.91. The molecule has 0 saturated heterocycles. The number of sulfonamides is 1. The average molecular weight is 286 g/mol. The SMILES string of the molecule is Cc1cc(CS(=O)(=O)Nc2cc(F)ccc2O)no1. The number of nitrogens with one attached hydrogen (secondary N) is 1. The van der Waals surface area contributed by atoms with Crippen LogP contribution in [0.4, 0.5) is 10.1 Å². The van der Waals surface area contributed by atoms with Gasteiger partial charge in [0.25, 0.3) is 0 Å². The molecule has 0 amide bonds. The van der Waals surface area contributed by atoms with E-state index < -0.39 is 21.6 Å². The van der Waals surface area contributed by atoms with Gasteiger partial charge < -0.3 is 9.63 Å². The van der Waals surface area contributed by atoms with E-state index in [1.54, 1.807) is 6.92 Å². The van der Waals surface area contributed by atoms with Crippen molar-refractivity contribution in [2.45, 2.75) is 12.7 Å². The number of nitrogens with zero attached hydrogens (tertiary/aromatic N) is 1. The molecule has 6 nitrogen and oxygen atoms in total. The molecular weight excluding hydrogens is 275 g/mol. The van der Waals surface area contributed by atoms with Crippen LogP contribution in [0.3, 0.4) is 0 Å². The number of anilines is 1. The molecule has 0 aliphatic carbocycles. The Bertz CT molecular complexity index is 696. The molecule has 0 aliphatic heterocycles. The third-order valence-electron chi connectivity index (χ3n) is 2.24. The minimum Gasteiger partial charge on any atom is -0.506 e. The summed E-state index contributed by atoms with van der Waals surface area (Å²) in [5.74, 6) is -0.965. The van der Waals surface area contributed by atoms with Crippen molar-refractivity contribution >= 4 is 15.7 Å². The molecule has 0 spiro atoms. The van der Waals surface area contributed by atoms with Gasteiger partial charge in [0.1, 0.15) is 28.8 Å². The average Bonchev–Trinajstić information content (AvgIpc) is 2.68. The van der Waals surface area contributed by atoms with E-state index in [9.17, 15) is 17.9 Å². The fourth-order valence-corrected chi connectivity index (χ4v) is 2.57. The van der Waals surface area contributed by atoms with Gasteiger partial charge in [0.05, 0.1) is 5.69 Å². The van der Waals surface area contributed by atoms with Crippen molar-refractivity contribution in [2.75, 3.05) is 4.72 Å². The number of aromatic nitrogens is 1. The van der Waals surface area contributed by atoms with E-state index in [0.717, 1.165) is 18.2 Å². The molecule has 1 heterocycles. The van der Waals surface area contributed by atoms with Crippen LogP contribution in [0.15, 0.2) is 28.8 Å². The van der Waals surface area contributed by atoms with Gasteiger partial charge in [0, 0.05) is 12.1 Å². The number of benzene rings is 1. The molecule has 0 atom stereocenters. The van der Waals surface area contributed by atoms with E-state index >= 15 is 0 Å². The maximum atomic E-state index is 13.0. The summed E-state index contributed by atoms with van der Waals surface area (Å²) in [5.41, 5.74) is 0.00103. The zero-order chi connectivity index (χ0) is 14.0. The smallest absolute Gasteiger partial charge is 0.238 e. The van der Waals surface area contributed by atoms with Gasteiger partial charge in [-0.25, -0.2) is 12.8 Å². The van der Waals surface area contributed by atoms with Crippen molar-refractivity contribution in [3.63, 3.8) is 0 Å². The summed E-state index contributed by atoms with van der Waals surface area (Å²) in [6.45, 7) is 1.63. The van der Waals surface area contributed by atoms with Gasteiger partial charge in [-0.1, -0.05) is 5.16 Å². The van der Waals surface area contributed by atoms with Gasteiger partial charge in [0.2, 0.25) is 10.0 Å². The molecule has 2 rings (SSSR count). The largest absolute Gasteiger partial charge is 0.506 e. The molecular formula is C11H11FN2O4S. The maximum Gasteiger partial charge on any atom is 0.238 e. The molecule has 0 radical (unpaired) electrons. The summed E-state index contributed by atoms with van der Waals surface area (Å²) in [4.78, 5) is 0. The highest BCUT2D eigenvalue weighted by Gasteiger charge is 2.16. The summed E-state index contributed by atoms with van der Waals surface area (Å²) in [6, 6.07) is 4.45. The predicted octanol–water partition coefficient (Wildman–Crippen LogP) is 1.77. The Balaban J connectivity index is 2.19. The first-order valence-electron chi connectivity index (χ1n) is 5.27. The number of hydrogen-bond donors (Lipinski definition) is 2. The van der Waals surface area contributed by atoms with Crippen LogP contribution in [-0.4, -0.2) is 18.7 Å². The number of aryl methyl sites for hydroxylation is 1. The second-order valence-corrected chi connectivity index (χ2v) is 5.67. The van der Waals surface area contributed by atoms with E-state index in [1.807, 2.05) is 0 Å². The Hall–Kier alpha value is -2.09. The quantitative estimate of drug-likeness (QED) is 0.836. The lowest BCUT2D eigenvalue weighted by atomic mass is 10.3. The molecule has 19 heavy (non-hydrogen) atoms. The summed E-state index contributed by atoms with van der Waals surface area (Å²) in [6.07, 6.45) is 0. The first-order valence-corrected chi connectivity index (χ1v) is 6.92. The molecule has 2 aromatic rings. The van der Waals surface area contributed by atoms with Crippen LogP contribution in [-0.2, 0) is 15.8 Å². The van der Waals surface area contributed by atoms with Crippen molar-refractivity contribution in [2.24, 2.45) is 0 Å². The summed E-state index contributed by atoms with van der Waals surface area (Å²) in [5, 5.41) is 13.0. The number of aromatic hydroxyl groups is 1. The Morgan fingerprint density at radius 3 is 2.79 bits per heavy atom. The van der Waals surface area contributed by atoms with E-state index in [4.69, 9.17) is 4.52 Å². The highest BCUT2D eigenvalue weighted by atomic mass is 32.2.